The smallest absolute Gasteiger partial charge is 0.224 e. The van der Waals surface area contributed by atoms with Crippen LogP contribution in [-0.4, -0.2) is 54.5 Å². The Morgan fingerprint density at radius 2 is 1.88 bits per heavy atom. The molecule has 0 aliphatic carbocycles. The fourth-order valence-corrected chi connectivity index (χ4v) is 3.07. The molecule has 4 nitrogen and oxygen atoms in total. The van der Waals surface area contributed by atoms with E-state index >= 15 is 0 Å². The Kier molecular flexibility index (Phi) is 3.50. The first-order valence-electron chi connectivity index (χ1n) is 6.29. The Hall–Kier alpha value is -0.610. The molecule has 0 spiro atoms. The molecule has 92 valence electrons. The van der Waals surface area contributed by atoms with Gasteiger partial charge in [0.2, 0.25) is 5.91 Å². The van der Waals surface area contributed by atoms with E-state index < -0.39 is 0 Å². The molecule has 0 aromatic heterocycles. The lowest BCUT2D eigenvalue weighted by molar-refractivity contribution is -0.136. The van der Waals surface area contributed by atoms with Gasteiger partial charge in [-0.2, -0.15) is 0 Å². The van der Waals surface area contributed by atoms with E-state index in [9.17, 15) is 4.79 Å². The monoisotopic (exact) mass is 225 g/mol. The van der Waals surface area contributed by atoms with Gasteiger partial charge in [0.1, 0.15) is 0 Å². The van der Waals surface area contributed by atoms with Crippen molar-refractivity contribution in [2.24, 2.45) is 5.73 Å². The van der Waals surface area contributed by atoms with Crippen molar-refractivity contribution in [3.8, 4) is 0 Å². The third-order valence-electron chi connectivity index (χ3n) is 3.83. The van der Waals surface area contributed by atoms with Crippen molar-refractivity contribution in [1.82, 2.24) is 9.80 Å². The summed E-state index contributed by atoms with van der Waals surface area (Å²) in [4.78, 5) is 16.3. The van der Waals surface area contributed by atoms with Crippen LogP contribution in [0.2, 0.25) is 0 Å². The van der Waals surface area contributed by atoms with Crippen molar-refractivity contribution in [2.75, 3.05) is 20.6 Å². The van der Waals surface area contributed by atoms with Crippen LogP contribution < -0.4 is 5.73 Å². The number of carbonyl (C=O) groups is 1. The van der Waals surface area contributed by atoms with E-state index in [0.29, 0.717) is 30.5 Å². The van der Waals surface area contributed by atoms with Crippen LogP contribution >= 0.6 is 0 Å². The topological polar surface area (TPSA) is 49.6 Å². The summed E-state index contributed by atoms with van der Waals surface area (Å²) < 4.78 is 0. The lowest BCUT2D eigenvalue weighted by Crippen LogP contribution is -2.50. The van der Waals surface area contributed by atoms with Gasteiger partial charge in [0.25, 0.3) is 0 Å². The van der Waals surface area contributed by atoms with Gasteiger partial charge in [0.05, 0.1) is 0 Å². The van der Waals surface area contributed by atoms with Gasteiger partial charge in [-0.15, -0.1) is 0 Å². The second-order valence-corrected chi connectivity index (χ2v) is 5.47. The van der Waals surface area contributed by atoms with Gasteiger partial charge in [-0.1, -0.05) is 0 Å². The zero-order chi connectivity index (χ0) is 11.7. The molecule has 16 heavy (non-hydrogen) atoms. The third-order valence-corrected chi connectivity index (χ3v) is 3.83. The van der Waals surface area contributed by atoms with Gasteiger partial charge in [0.15, 0.2) is 0 Å². The second kappa shape index (κ2) is 4.72. The predicted molar refractivity (Wildman–Crippen MR) is 64.0 cm³/mol. The Labute approximate surface area is 97.8 Å². The molecule has 2 rings (SSSR count). The van der Waals surface area contributed by atoms with Gasteiger partial charge in [-0.3, -0.25) is 4.79 Å². The summed E-state index contributed by atoms with van der Waals surface area (Å²) in [6, 6.07) is 1.18. The molecule has 2 heterocycles. The van der Waals surface area contributed by atoms with Crippen molar-refractivity contribution in [3.05, 3.63) is 0 Å². The van der Waals surface area contributed by atoms with Gasteiger partial charge in [-0.25, -0.2) is 0 Å². The van der Waals surface area contributed by atoms with Crippen LogP contribution in [0.25, 0.3) is 0 Å². The highest BCUT2D eigenvalue weighted by Crippen LogP contribution is 2.35. The minimum Gasteiger partial charge on any atom is -0.337 e. The number of hydrogen-bond donors (Lipinski definition) is 1. The summed E-state index contributed by atoms with van der Waals surface area (Å²) in [5.41, 5.74) is 5.99. The average molecular weight is 225 g/mol. The maximum absolute atomic E-state index is 12.1. The average Bonchev–Trinajstić information content (AvgIpc) is 2.48. The lowest BCUT2D eigenvalue weighted by atomic mass is 9.98. The van der Waals surface area contributed by atoms with Crippen LogP contribution in [0.1, 0.15) is 32.1 Å². The first kappa shape index (κ1) is 11.9. The Morgan fingerprint density at radius 3 is 2.38 bits per heavy atom. The standard InChI is InChI=1S/C12H23N3O/c1-14(2)6-5-12(16)15-10-3-4-11(15)8-9(13)7-10/h9-11H,3-8,13H2,1-2H3. The third kappa shape index (κ3) is 2.38. The van der Waals surface area contributed by atoms with E-state index in [1.54, 1.807) is 0 Å². The number of carbonyl (C=O) groups excluding carboxylic acids is 1. The maximum atomic E-state index is 12.1. The van der Waals surface area contributed by atoms with E-state index in [1.165, 1.54) is 0 Å². The molecule has 2 fully saturated rings. The maximum Gasteiger partial charge on any atom is 0.224 e. The van der Waals surface area contributed by atoms with Gasteiger partial charge < -0.3 is 15.5 Å². The van der Waals surface area contributed by atoms with Crippen LogP contribution in [0.4, 0.5) is 0 Å². The van der Waals surface area contributed by atoms with Crippen LogP contribution in [0.5, 0.6) is 0 Å². The SMILES string of the molecule is CN(C)CCC(=O)N1C2CCC1CC(N)C2. The summed E-state index contributed by atoms with van der Waals surface area (Å²) in [6.45, 7) is 0.848. The molecule has 2 aliphatic rings. The van der Waals surface area contributed by atoms with E-state index in [2.05, 4.69) is 9.80 Å². The Balaban J connectivity index is 1.92. The highest BCUT2D eigenvalue weighted by atomic mass is 16.2. The second-order valence-electron chi connectivity index (χ2n) is 5.47. The molecule has 2 N–H and O–H groups in total. The fourth-order valence-electron chi connectivity index (χ4n) is 3.07. The number of rotatable bonds is 3. The lowest BCUT2D eigenvalue weighted by Gasteiger charge is -2.38. The summed E-state index contributed by atoms with van der Waals surface area (Å²) >= 11 is 0. The van der Waals surface area contributed by atoms with Crippen molar-refractivity contribution >= 4 is 5.91 Å². The molecule has 2 aliphatic heterocycles. The minimum absolute atomic E-state index is 0.315. The summed E-state index contributed by atoms with van der Waals surface area (Å²) in [7, 11) is 4.02. The number of hydrogen-bond acceptors (Lipinski definition) is 3. The number of piperidine rings is 1. The van der Waals surface area contributed by atoms with Crippen molar-refractivity contribution in [2.45, 2.75) is 50.2 Å². The minimum atomic E-state index is 0.315. The first-order chi connectivity index (χ1) is 7.58. The molecular weight excluding hydrogens is 202 g/mol. The van der Waals surface area contributed by atoms with Gasteiger partial charge >= 0.3 is 0 Å². The van der Waals surface area contributed by atoms with Crippen LogP contribution in [0.15, 0.2) is 0 Å². The largest absolute Gasteiger partial charge is 0.337 e. The highest BCUT2D eigenvalue weighted by Gasteiger charge is 2.41. The van der Waals surface area contributed by atoms with E-state index in [1.807, 2.05) is 14.1 Å². The Bertz CT molecular complexity index is 253. The van der Waals surface area contributed by atoms with Crippen molar-refractivity contribution in [3.63, 3.8) is 0 Å². The van der Waals surface area contributed by atoms with Crippen LogP contribution in [-0.2, 0) is 4.79 Å². The predicted octanol–water partition coefficient (Wildman–Crippen LogP) is 0.419. The Morgan fingerprint density at radius 1 is 1.31 bits per heavy atom. The molecular formula is C12H23N3O. The summed E-state index contributed by atoms with van der Waals surface area (Å²) in [5.74, 6) is 0.327. The quantitative estimate of drug-likeness (QED) is 0.757. The summed E-state index contributed by atoms with van der Waals surface area (Å²) in [5, 5.41) is 0. The molecule has 0 aromatic carbocycles. The van der Waals surface area contributed by atoms with E-state index in [4.69, 9.17) is 5.73 Å². The number of fused-ring (bicyclic) bond motifs is 2. The normalized spacial score (nSPS) is 33.5. The van der Waals surface area contributed by atoms with E-state index in [-0.39, 0.29) is 0 Å². The molecule has 2 unspecified atom stereocenters. The molecule has 0 radical (unpaired) electrons. The van der Waals surface area contributed by atoms with E-state index in [0.717, 1.165) is 32.2 Å². The number of nitrogens with two attached hydrogens (primary N) is 1. The molecule has 4 heteroatoms. The molecule has 1 amide bonds. The first-order valence-corrected chi connectivity index (χ1v) is 6.29. The zero-order valence-electron chi connectivity index (χ0n) is 10.4. The fraction of sp³-hybridized carbons (Fsp3) is 0.917. The zero-order valence-corrected chi connectivity index (χ0v) is 10.4. The summed E-state index contributed by atoms with van der Waals surface area (Å²) in [6.07, 6.45) is 4.97. The van der Waals surface area contributed by atoms with Crippen molar-refractivity contribution < 1.29 is 4.79 Å². The number of amides is 1. The van der Waals surface area contributed by atoms with Crippen molar-refractivity contribution in [1.29, 1.82) is 0 Å². The van der Waals surface area contributed by atoms with Crippen LogP contribution in [0, 0.1) is 0 Å². The van der Waals surface area contributed by atoms with Gasteiger partial charge in [0, 0.05) is 31.1 Å². The molecule has 0 saturated carbocycles. The van der Waals surface area contributed by atoms with Crippen LogP contribution in [0.3, 0.4) is 0 Å². The molecule has 0 aromatic rings. The molecule has 2 atom stereocenters. The number of nitrogens with zero attached hydrogens (tertiary/aromatic N) is 2. The van der Waals surface area contributed by atoms with Gasteiger partial charge in [-0.05, 0) is 39.8 Å². The molecule has 2 saturated heterocycles. The highest BCUT2D eigenvalue weighted by molar-refractivity contribution is 5.77. The molecule has 2 bridgehead atoms.